The van der Waals surface area contributed by atoms with E-state index in [9.17, 15) is 4.79 Å². The third-order valence-corrected chi connectivity index (χ3v) is 3.32. The monoisotopic (exact) mass is 242 g/mol. The molecule has 1 fully saturated rings. The Morgan fingerprint density at radius 1 is 1.35 bits per heavy atom. The van der Waals surface area contributed by atoms with Crippen LogP contribution in [-0.2, 0) is 9.53 Å². The molecule has 17 heavy (non-hydrogen) atoms. The molecule has 0 amide bonds. The van der Waals surface area contributed by atoms with E-state index in [1.54, 1.807) is 0 Å². The Morgan fingerprint density at radius 3 is 2.47 bits per heavy atom. The number of rotatable bonds is 9. The van der Waals surface area contributed by atoms with Gasteiger partial charge >= 0.3 is 5.97 Å². The maximum Gasteiger partial charge on any atom is 0.323 e. The molecule has 0 aliphatic heterocycles. The summed E-state index contributed by atoms with van der Waals surface area (Å²) < 4.78 is 5.10. The molecule has 0 radical (unpaired) electrons. The van der Waals surface area contributed by atoms with E-state index in [0.717, 1.165) is 39.0 Å². The van der Waals surface area contributed by atoms with Crippen molar-refractivity contribution in [2.45, 2.75) is 39.7 Å². The van der Waals surface area contributed by atoms with E-state index in [2.05, 4.69) is 24.1 Å². The van der Waals surface area contributed by atoms with Crippen LogP contribution in [-0.4, -0.2) is 49.7 Å². The fourth-order valence-electron chi connectivity index (χ4n) is 2.02. The Bertz CT molecular complexity index is 225. The Kier molecular flexibility index (Phi) is 6.52. The summed E-state index contributed by atoms with van der Waals surface area (Å²) in [6.07, 6.45) is 2.31. The summed E-state index contributed by atoms with van der Waals surface area (Å²) in [7, 11) is 0. The molecule has 0 heterocycles. The Balaban J connectivity index is 2.27. The fraction of sp³-hybridized carbons (Fsp3) is 0.923. The molecule has 4 nitrogen and oxygen atoms in total. The highest BCUT2D eigenvalue weighted by Crippen LogP contribution is 2.33. The maximum absolute atomic E-state index is 11.7. The van der Waals surface area contributed by atoms with Gasteiger partial charge in [-0.05, 0) is 38.8 Å². The molecule has 4 heteroatoms. The standard InChI is InChI=1S/C13H26N2O2/c1-4-15(5-2)10-9-14-12(11-7-8-11)13(16)17-6-3/h11-12,14H,4-10H2,1-3H3. The van der Waals surface area contributed by atoms with Crippen molar-refractivity contribution >= 4 is 5.97 Å². The summed E-state index contributed by atoms with van der Waals surface area (Å²) in [5.41, 5.74) is 0. The Morgan fingerprint density at radius 2 is 2.00 bits per heavy atom. The number of carbonyl (C=O) groups is 1. The van der Waals surface area contributed by atoms with Crippen molar-refractivity contribution in [3.63, 3.8) is 0 Å². The number of hydrogen-bond acceptors (Lipinski definition) is 4. The number of ether oxygens (including phenoxy) is 1. The normalized spacial score (nSPS) is 17.2. The van der Waals surface area contributed by atoms with Gasteiger partial charge in [-0.2, -0.15) is 0 Å². The molecule has 1 rings (SSSR count). The summed E-state index contributed by atoms with van der Waals surface area (Å²) >= 11 is 0. The van der Waals surface area contributed by atoms with E-state index in [0.29, 0.717) is 12.5 Å². The first kappa shape index (κ1) is 14.5. The highest BCUT2D eigenvalue weighted by Gasteiger charge is 2.36. The average molecular weight is 242 g/mol. The minimum Gasteiger partial charge on any atom is -0.465 e. The van der Waals surface area contributed by atoms with Crippen LogP contribution in [0.1, 0.15) is 33.6 Å². The fourth-order valence-corrected chi connectivity index (χ4v) is 2.02. The number of esters is 1. The van der Waals surface area contributed by atoms with Crippen LogP contribution < -0.4 is 5.32 Å². The highest BCUT2D eigenvalue weighted by atomic mass is 16.5. The van der Waals surface area contributed by atoms with E-state index in [4.69, 9.17) is 4.74 Å². The third-order valence-electron chi connectivity index (χ3n) is 3.32. The minimum absolute atomic E-state index is 0.0745. The zero-order valence-electron chi connectivity index (χ0n) is 11.4. The summed E-state index contributed by atoms with van der Waals surface area (Å²) in [5.74, 6) is 0.431. The number of likely N-dealkylation sites (N-methyl/N-ethyl adjacent to an activating group) is 1. The molecular weight excluding hydrogens is 216 g/mol. The molecule has 0 aromatic rings. The van der Waals surface area contributed by atoms with Crippen LogP contribution in [0.15, 0.2) is 0 Å². The molecular formula is C13H26N2O2. The van der Waals surface area contributed by atoms with Gasteiger partial charge in [-0.1, -0.05) is 13.8 Å². The summed E-state index contributed by atoms with van der Waals surface area (Å²) in [6, 6.07) is -0.0782. The lowest BCUT2D eigenvalue weighted by atomic mass is 10.2. The average Bonchev–Trinajstić information content (AvgIpc) is 3.14. The summed E-state index contributed by atoms with van der Waals surface area (Å²) in [4.78, 5) is 14.1. The molecule has 1 aliphatic carbocycles. The first-order valence-electron chi connectivity index (χ1n) is 6.85. The first-order valence-corrected chi connectivity index (χ1v) is 6.85. The van der Waals surface area contributed by atoms with Crippen LogP contribution in [0.3, 0.4) is 0 Å². The van der Waals surface area contributed by atoms with E-state index < -0.39 is 0 Å². The van der Waals surface area contributed by atoms with Crippen LogP contribution in [0.2, 0.25) is 0 Å². The van der Waals surface area contributed by atoms with Crippen LogP contribution in [0.5, 0.6) is 0 Å². The van der Waals surface area contributed by atoms with E-state index >= 15 is 0 Å². The van der Waals surface area contributed by atoms with Gasteiger partial charge in [0.15, 0.2) is 0 Å². The topological polar surface area (TPSA) is 41.6 Å². The van der Waals surface area contributed by atoms with Gasteiger partial charge in [0.25, 0.3) is 0 Å². The first-order chi connectivity index (χ1) is 8.22. The van der Waals surface area contributed by atoms with Crippen molar-refractivity contribution < 1.29 is 9.53 Å². The quantitative estimate of drug-likeness (QED) is 0.618. The summed E-state index contributed by atoms with van der Waals surface area (Å²) in [5, 5.41) is 3.35. The molecule has 1 aliphatic rings. The van der Waals surface area contributed by atoms with Crippen molar-refractivity contribution in [1.29, 1.82) is 0 Å². The lowest BCUT2D eigenvalue weighted by Crippen LogP contribution is -2.43. The second-order valence-corrected chi connectivity index (χ2v) is 4.55. The van der Waals surface area contributed by atoms with Crippen LogP contribution in [0.25, 0.3) is 0 Å². The summed E-state index contributed by atoms with van der Waals surface area (Å²) in [6.45, 7) is 10.6. The maximum atomic E-state index is 11.7. The van der Waals surface area contributed by atoms with Crippen molar-refractivity contribution in [1.82, 2.24) is 10.2 Å². The second-order valence-electron chi connectivity index (χ2n) is 4.55. The molecule has 0 aromatic carbocycles. The molecule has 0 aromatic heterocycles. The second kappa shape index (κ2) is 7.67. The number of carbonyl (C=O) groups excluding carboxylic acids is 1. The van der Waals surface area contributed by atoms with Gasteiger partial charge in [0.05, 0.1) is 6.61 Å². The van der Waals surface area contributed by atoms with E-state index in [-0.39, 0.29) is 12.0 Å². The number of nitrogens with zero attached hydrogens (tertiary/aromatic N) is 1. The molecule has 0 spiro atoms. The van der Waals surface area contributed by atoms with Gasteiger partial charge in [-0.3, -0.25) is 4.79 Å². The molecule has 0 saturated heterocycles. The van der Waals surface area contributed by atoms with Gasteiger partial charge in [0.1, 0.15) is 6.04 Å². The van der Waals surface area contributed by atoms with Gasteiger partial charge in [-0.15, -0.1) is 0 Å². The number of nitrogens with one attached hydrogen (secondary N) is 1. The molecule has 1 N–H and O–H groups in total. The van der Waals surface area contributed by atoms with Gasteiger partial charge in [-0.25, -0.2) is 0 Å². The van der Waals surface area contributed by atoms with Crippen LogP contribution in [0, 0.1) is 5.92 Å². The molecule has 1 unspecified atom stereocenters. The van der Waals surface area contributed by atoms with Crippen molar-refractivity contribution in [3.8, 4) is 0 Å². The molecule has 1 atom stereocenters. The van der Waals surface area contributed by atoms with Gasteiger partial charge < -0.3 is 15.0 Å². The minimum atomic E-state index is -0.0782. The van der Waals surface area contributed by atoms with Crippen LogP contribution in [0.4, 0.5) is 0 Å². The van der Waals surface area contributed by atoms with Crippen molar-refractivity contribution in [3.05, 3.63) is 0 Å². The largest absolute Gasteiger partial charge is 0.465 e. The molecule has 100 valence electrons. The zero-order chi connectivity index (χ0) is 12.7. The molecule has 0 bridgehead atoms. The van der Waals surface area contributed by atoms with E-state index in [1.165, 1.54) is 0 Å². The van der Waals surface area contributed by atoms with Crippen molar-refractivity contribution in [2.75, 3.05) is 32.8 Å². The lowest BCUT2D eigenvalue weighted by molar-refractivity contribution is -0.146. The highest BCUT2D eigenvalue weighted by molar-refractivity contribution is 5.76. The third kappa shape index (κ3) is 5.04. The smallest absolute Gasteiger partial charge is 0.323 e. The Labute approximate surface area is 105 Å². The number of hydrogen-bond donors (Lipinski definition) is 1. The van der Waals surface area contributed by atoms with E-state index in [1.807, 2.05) is 6.92 Å². The van der Waals surface area contributed by atoms with Crippen LogP contribution >= 0.6 is 0 Å². The zero-order valence-corrected chi connectivity index (χ0v) is 11.4. The predicted octanol–water partition coefficient (Wildman–Crippen LogP) is 1.26. The predicted molar refractivity (Wildman–Crippen MR) is 68.9 cm³/mol. The van der Waals surface area contributed by atoms with Gasteiger partial charge in [0, 0.05) is 13.1 Å². The Hall–Kier alpha value is -0.610. The van der Waals surface area contributed by atoms with Crippen molar-refractivity contribution in [2.24, 2.45) is 5.92 Å². The van der Waals surface area contributed by atoms with Gasteiger partial charge in [0.2, 0.25) is 0 Å². The SMILES string of the molecule is CCOC(=O)C(NCCN(CC)CC)C1CC1. The molecule has 1 saturated carbocycles. The lowest BCUT2D eigenvalue weighted by Gasteiger charge is -2.21.